The molecule has 0 saturated carbocycles. The van der Waals surface area contributed by atoms with E-state index in [4.69, 9.17) is 23.2 Å². The molecule has 0 aliphatic rings. The summed E-state index contributed by atoms with van der Waals surface area (Å²) in [4.78, 5) is 1.12. The fourth-order valence-corrected chi connectivity index (χ4v) is 3.31. The molecule has 2 aromatic rings. The minimum atomic E-state index is -0.261. The van der Waals surface area contributed by atoms with Crippen LogP contribution in [0.25, 0.3) is 0 Å². The van der Waals surface area contributed by atoms with E-state index in [1.54, 1.807) is 12.1 Å². The second kappa shape index (κ2) is 7.41. The molecule has 5 heteroatoms. The highest BCUT2D eigenvalue weighted by Gasteiger charge is 2.16. The third kappa shape index (κ3) is 4.19. The molecular formula is C15H16Cl2FNS. The molecule has 0 saturated heterocycles. The number of thiophene rings is 1. The molecule has 1 nitrogen and oxygen atoms in total. The molecule has 0 spiro atoms. The molecule has 0 aliphatic heterocycles. The molecule has 0 bridgehead atoms. The number of hydrogen-bond acceptors (Lipinski definition) is 2. The molecule has 2 rings (SSSR count). The third-order valence-corrected chi connectivity index (χ3v) is 4.60. The summed E-state index contributed by atoms with van der Waals surface area (Å²) in [7, 11) is 0. The van der Waals surface area contributed by atoms with Crippen LogP contribution in [0, 0.1) is 5.82 Å². The van der Waals surface area contributed by atoms with Gasteiger partial charge in [-0.25, -0.2) is 4.39 Å². The Hall–Kier alpha value is -0.610. The van der Waals surface area contributed by atoms with Gasteiger partial charge in [-0.1, -0.05) is 36.2 Å². The number of halogens is 3. The van der Waals surface area contributed by atoms with E-state index in [-0.39, 0.29) is 11.9 Å². The number of hydrogen-bond donors (Lipinski definition) is 1. The van der Waals surface area contributed by atoms with Crippen LogP contribution in [0.15, 0.2) is 30.3 Å². The largest absolute Gasteiger partial charge is 0.309 e. The average Bonchev–Trinajstić information content (AvgIpc) is 2.83. The van der Waals surface area contributed by atoms with Gasteiger partial charge in [0, 0.05) is 15.9 Å². The van der Waals surface area contributed by atoms with Crippen molar-refractivity contribution in [2.45, 2.75) is 25.8 Å². The molecule has 0 aliphatic carbocycles. The molecule has 20 heavy (non-hydrogen) atoms. The van der Waals surface area contributed by atoms with Crippen LogP contribution in [-0.4, -0.2) is 6.54 Å². The second-order valence-corrected chi connectivity index (χ2v) is 6.77. The lowest BCUT2D eigenvalue weighted by atomic mass is 10.0. The average molecular weight is 332 g/mol. The first-order valence-electron chi connectivity index (χ1n) is 6.52. The monoisotopic (exact) mass is 331 g/mol. The number of nitrogens with one attached hydrogen (secondary N) is 1. The maximum absolute atomic E-state index is 13.9. The van der Waals surface area contributed by atoms with E-state index in [1.807, 2.05) is 12.1 Å². The Balaban J connectivity index is 2.18. The summed E-state index contributed by atoms with van der Waals surface area (Å²) in [6.45, 7) is 2.99. The van der Waals surface area contributed by atoms with Gasteiger partial charge in [0.15, 0.2) is 0 Å². The van der Waals surface area contributed by atoms with Gasteiger partial charge in [0.1, 0.15) is 5.82 Å². The third-order valence-electron chi connectivity index (χ3n) is 3.02. The van der Waals surface area contributed by atoms with Gasteiger partial charge in [0.2, 0.25) is 0 Å². The first kappa shape index (κ1) is 15.8. The van der Waals surface area contributed by atoms with Crippen LogP contribution in [0.1, 0.15) is 29.8 Å². The fraction of sp³-hybridized carbons (Fsp3) is 0.333. The molecule has 1 N–H and O–H groups in total. The highest BCUT2D eigenvalue weighted by molar-refractivity contribution is 7.16. The van der Waals surface area contributed by atoms with Gasteiger partial charge >= 0.3 is 0 Å². The summed E-state index contributed by atoms with van der Waals surface area (Å²) >= 11 is 13.3. The van der Waals surface area contributed by atoms with Gasteiger partial charge in [-0.3, -0.25) is 0 Å². The van der Waals surface area contributed by atoms with Crippen LogP contribution in [0.3, 0.4) is 0 Å². The van der Waals surface area contributed by atoms with E-state index >= 15 is 0 Å². The van der Waals surface area contributed by atoms with E-state index in [9.17, 15) is 4.39 Å². The van der Waals surface area contributed by atoms with E-state index < -0.39 is 0 Å². The summed E-state index contributed by atoms with van der Waals surface area (Å²) in [6.07, 6.45) is 1.61. The first-order valence-corrected chi connectivity index (χ1v) is 8.10. The van der Waals surface area contributed by atoms with Crippen LogP contribution < -0.4 is 5.32 Å². The fourth-order valence-electron chi connectivity index (χ4n) is 2.01. The molecule has 1 aromatic heterocycles. The lowest BCUT2D eigenvalue weighted by molar-refractivity contribution is 0.519. The molecule has 1 unspecified atom stereocenters. The topological polar surface area (TPSA) is 12.0 Å². The molecule has 1 atom stereocenters. The molecule has 0 amide bonds. The van der Waals surface area contributed by atoms with Crippen molar-refractivity contribution in [2.75, 3.05) is 6.54 Å². The zero-order valence-electron chi connectivity index (χ0n) is 11.1. The van der Waals surface area contributed by atoms with Crippen molar-refractivity contribution in [2.24, 2.45) is 0 Å². The molecular weight excluding hydrogens is 316 g/mol. The van der Waals surface area contributed by atoms with Gasteiger partial charge < -0.3 is 5.32 Å². The lowest BCUT2D eigenvalue weighted by Gasteiger charge is -2.17. The second-order valence-electron chi connectivity index (χ2n) is 4.59. The number of rotatable bonds is 6. The normalized spacial score (nSPS) is 12.6. The Morgan fingerprint density at radius 2 is 2.05 bits per heavy atom. The Bertz CT molecular complexity index is 571. The van der Waals surface area contributed by atoms with Crippen LogP contribution in [0.2, 0.25) is 9.36 Å². The van der Waals surface area contributed by atoms with Crippen LogP contribution in [0.4, 0.5) is 4.39 Å². The molecule has 108 valence electrons. The SMILES string of the molecule is CCCNC(Cc1ccc(Cl)cc1F)c1ccc(Cl)s1. The standard InChI is InChI=1S/C15H16Cl2FNS/c1-2-7-19-13(14-5-6-15(17)20-14)8-10-3-4-11(16)9-12(10)18/h3-6,9,13,19H,2,7-8H2,1H3. The highest BCUT2D eigenvalue weighted by atomic mass is 35.5. The summed E-state index contributed by atoms with van der Waals surface area (Å²) in [5.74, 6) is -0.261. The van der Waals surface area contributed by atoms with Gasteiger partial charge in [0.05, 0.1) is 4.34 Å². The van der Waals surface area contributed by atoms with Gasteiger partial charge in [-0.05, 0) is 49.2 Å². The molecule has 1 heterocycles. The summed E-state index contributed by atoms with van der Waals surface area (Å²) in [5.41, 5.74) is 0.660. The van der Waals surface area contributed by atoms with Crippen LogP contribution in [-0.2, 0) is 6.42 Å². The van der Waals surface area contributed by atoms with Gasteiger partial charge in [-0.15, -0.1) is 11.3 Å². The predicted molar refractivity (Wildman–Crippen MR) is 85.5 cm³/mol. The van der Waals surface area contributed by atoms with Crippen LogP contribution >= 0.6 is 34.5 Å². The Morgan fingerprint density at radius 3 is 2.65 bits per heavy atom. The van der Waals surface area contributed by atoms with Crippen molar-refractivity contribution in [3.63, 3.8) is 0 Å². The van der Waals surface area contributed by atoms with Crippen molar-refractivity contribution in [1.29, 1.82) is 0 Å². The van der Waals surface area contributed by atoms with Crippen molar-refractivity contribution >= 4 is 34.5 Å². The van der Waals surface area contributed by atoms with E-state index in [2.05, 4.69) is 12.2 Å². The Kier molecular flexibility index (Phi) is 5.85. The van der Waals surface area contributed by atoms with Crippen LogP contribution in [0.5, 0.6) is 0 Å². The van der Waals surface area contributed by atoms with E-state index in [0.29, 0.717) is 17.0 Å². The summed E-state index contributed by atoms with van der Waals surface area (Å²) in [6, 6.07) is 8.76. The maximum Gasteiger partial charge on any atom is 0.127 e. The van der Waals surface area contributed by atoms with Crippen molar-refractivity contribution in [3.05, 3.63) is 55.9 Å². The summed E-state index contributed by atoms with van der Waals surface area (Å²) in [5, 5.41) is 3.86. The smallest absolute Gasteiger partial charge is 0.127 e. The van der Waals surface area contributed by atoms with Crippen molar-refractivity contribution in [1.82, 2.24) is 5.32 Å². The zero-order chi connectivity index (χ0) is 14.5. The predicted octanol–water partition coefficient (Wildman–Crippen LogP) is 5.48. The van der Waals surface area contributed by atoms with Gasteiger partial charge in [0.25, 0.3) is 0 Å². The maximum atomic E-state index is 13.9. The summed E-state index contributed by atoms with van der Waals surface area (Å²) < 4.78 is 14.7. The molecule has 0 fully saturated rings. The first-order chi connectivity index (χ1) is 9.60. The minimum absolute atomic E-state index is 0.0723. The van der Waals surface area contributed by atoms with Gasteiger partial charge in [-0.2, -0.15) is 0 Å². The Morgan fingerprint density at radius 1 is 1.25 bits per heavy atom. The zero-order valence-corrected chi connectivity index (χ0v) is 13.5. The quantitative estimate of drug-likeness (QED) is 0.739. The molecule has 0 radical (unpaired) electrons. The minimum Gasteiger partial charge on any atom is -0.309 e. The Labute approximate surface area is 132 Å². The molecule has 1 aromatic carbocycles. The van der Waals surface area contributed by atoms with E-state index in [0.717, 1.165) is 22.2 Å². The van der Waals surface area contributed by atoms with Crippen molar-refractivity contribution < 1.29 is 4.39 Å². The highest BCUT2D eigenvalue weighted by Crippen LogP contribution is 2.30. The number of benzene rings is 1. The lowest BCUT2D eigenvalue weighted by Crippen LogP contribution is -2.23. The van der Waals surface area contributed by atoms with Crippen molar-refractivity contribution in [3.8, 4) is 0 Å². The van der Waals surface area contributed by atoms with E-state index in [1.165, 1.54) is 17.4 Å².